The molecule has 3 rings (SSSR count). The minimum absolute atomic E-state index is 0.300. The molecule has 0 amide bonds. The van der Waals surface area contributed by atoms with Crippen LogP contribution in [-0.2, 0) is 4.74 Å². The van der Waals surface area contributed by atoms with Gasteiger partial charge in [0.1, 0.15) is 0 Å². The van der Waals surface area contributed by atoms with E-state index in [4.69, 9.17) is 4.74 Å². The molecule has 0 saturated heterocycles. The Hall–Kier alpha value is -1.96. The van der Waals surface area contributed by atoms with Crippen LogP contribution >= 0.6 is 23.9 Å². The van der Waals surface area contributed by atoms with Crippen LogP contribution in [-0.4, -0.2) is 13.1 Å². The molecule has 120 valence electrons. The number of halogens is 1. The Labute approximate surface area is 151 Å². The van der Waals surface area contributed by atoms with Gasteiger partial charge in [-0.3, -0.25) is 0 Å². The molecule has 0 bridgehead atoms. The quantitative estimate of drug-likeness (QED) is 0.490. The Balaban J connectivity index is 2.20. The van der Waals surface area contributed by atoms with Gasteiger partial charge in [-0.25, -0.2) is 4.79 Å². The van der Waals surface area contributed by atoms with Crippen molar-refractivity contribution in [3.05, 3.63) is 88.9 Å². The van der Waals surface area contributed by atoms with Crippen LogP contribution in [0.2, 0.25) is 0 Å². The average molecular weight is 399 g/mol. The second kappa shape index (κ2) is 7.74. The van der Waals surface area contributed by atoms with Gasteiger partial charge < -0.3 is 4.74 Å². The summed E-state index contributed by atoms with van der Waals surface area (Å²) in [7, 11) is 0.581. The second-order valence-corrected chi connectivity index (χ2v) is 8.26. The lowest BCUT2D eigenvalue weighted by molar-refractivity contribution is 0.0602. The molecule has 0 saturated carbocycles. The molecule has 1 unspecified atom stereocenters. The molecule has 0 aromatic heterocycles. The summed E-state index contributed by atoms with van der Waals surface area (Å²) in [5.74, 6) is -0.300. The number of rotatable bonds is 4. The molecule has 0 N–H and O–H groups in total. The van der Waals surface area contributed by atoms with Crippen molar-refractivity contribution in [2.75, 3.05) is 7.11 Å². The highest BCUT2D eigenvalue weighted by Crippen LogP contribution is 2.34. The Morgan fingerprint density at radius 3 is 2.08 bits per heavy atom. The van der Waals surface area contributed by atoms with Crippen LogP contribution in [0.25, 0.3) is 0 Å². The molecule has 0 radical (unpaired) electrons. The van der Waals surface area contributed by atoms with Crippen molar-refractivity contribution < 1.29 is 9.53 Å². The maximum atomic E-state index is 12.2. The first-order valence-corrected chi connectivity index (χ1v) is 9.62. The van der Waals surface area contributed by atoms with Gasteiger partial charge >= 0.3 is 5.97 Å². The van der Waals surface area contributed by atoms with Crippen molar-refractivity contribution >= 4 is 45.7 Å². The highest BCUT2D eigenvalue weighted by atomic mass is 79.9. The molecule has 0 aliphatic heterocycles. The topological polar surface area (TPSA) is 26.3 Å². The summed E-state index contributed by atoms with van der Waals surface area (Å²) in [6.45, 7) is 0. The number of methoxy groups -OCH3 is 1. The van der Waals surface area contributed by atoms with E-state index in [0.717, 1.165) is 9.78 Å². The molecule has 0 aliphatic rings. The largest absolute Gasteiger partial charge is 0.465 e. The SMILES string of the molecule is COC(=O)c1ccccc1P(c1ccccc1)c1ccc(Br)cc1. The number of carbonyl (C=O) groups is 1. The van der Waals surface area contributed by atoms with Gasteiger partial charge in [-0.2, -0.15) is 0 Å². The molecule has 24 heavy (non-hydrogen) atoms. The number of carbonyl (C=O) groups excluding carboxylic acids is 1. The molecule has 0 aliphatic carbocycles. The van der Waals surface area contributed by atoms with E-state index < -0.39 is 7.92 Å². The maximum Gasteiger partial charge on any atom is 0.338 e. The van der Waals surface area contributed by atoms with Gasteiger partial charge in [0.2, 0.25) is 0 Å². The van der Waals surface area contributed by atoms with Gasteiger partial charge in [-0.1, -0.05) is 76.6 Å². The Kier molecular flexibility index (Phi) is 5.44. The smallest absolute Gasteiger partial charge is 0.338 e. The summed E-state index contributed by atoms with van der Waals surface area (Å²) < 4.78 is 6.02. The third-order valence-corrected chi connectivity index (χ3v) is 6.68. The zero-order valence-corrected chi connectivity index (χ0v) is 15.6. The van der Waals surface area contributed by atoms with Gasteiger partial charge in [0, 0.05) is 4.47 Å². The molecule has 3 aromatic rings. The summed E-state index contributed by atoms with van der Waals surface area (Å²) in [4.78, 5) is 12.2. The van der Waals surface area contributed by atoms with E-state index in [2.05, 4.69) is 40.2 Å². The Bertz CT molecular complexity index is 832. The minimum atomic E-state index is -0.839. The van der Waals surface area contributed by atoms with Gasteiger partial charge in [-0.15, -0.1) is 0 Å². The lowest BCUT2D eigenvalue weighted by Crippen LogP contribution is -2.25. The van der Waals surface area contributed by atoms with E-state index >= 15 is 0 Å². The van der Waals surface area contributed by atoms with Gasteiger partial charge in [-0.05, 0) is 42.0 Å². The number of hydrogen-bond donors (Lipinski definition) is 0. The molecule has 0 heterocycles. The lowest BCUT2D eigenvalue weighted by Gasteiger charge is -2.21. The molecule has 0 fully saturated rings. The van der Waals surface area contributed by atoms with E-state index in [1.807, 2.05) is 54.6 Å². The van der Waals surface area contributed by atoms with E-state index in [9.17, 15) is 4.79 Å². The van der Waals surface area contributed by atoms with E-state index in [0.29, 0.717) is 5.56 Å². The summed E-state index contributed by atoms with van der Waals surface area (Å²) in [6, 6.07) is 26.3. The average Bonchev–Trinajstić information content (AvgIpc) is 2.64. The number of benzene rings is 3. The van der Waals surface area contributed by atoms with Crippen molar-refractivity contribution in [1.29, 1.82) is 0 Å². The first-order valence-electron chi connectivity index (χ1n) is 7.49. The first kappa shape index (κ1) is 16.9. The number of ether oxygens (including phenoxy) is 1. The summed E-state index contributed by atoms with van der Waals surface area (Å²) in [6.07, 6.45) is 0. The summed E-state index contributed by atoms with van der Waals surface area (Å²) >= 11 is 3.49. The van der Waals surface area contributed by atoms with E-state index in [-0.39, 0.29) is 5.97 Å². The standard InChI is InChI=1S/C20H16BrO2P/c1-23-20(22)18-9-5-6-10-19(18)24(16-7-3-2-4-8-16)17-13-11-15(21)12-14-17/h2-14H,1H3. The van der Waals surface area contributed by atoms with Gasteiger partial charge in [0.15, 0.2) is 0 Å². The van der Waals surface area contributed by atoms with Gasteiger partial charge in [0.25, 0.3) is 0 Å². The molecule has 4 heteroatoms. The third-order valence-electron chi connectivity index (χ3n) is 3.65. The zero-order valence-electron chi connectivity index (χ0n) is 13.1. The van der Waals surface area contributed by atoms with Gasteiger partial charge in [0.05, 0.1) is 12.7 Å². The predicted molar refractivity (Wildman–Crippen MR) is 104 cm³/mol. The fourth-order valence-corrected chi connectivity index (χ4v) is 5.22. The lowest BCUT2D eigenvalue weighted by atomic mass is 10.2. The predicted octanol–water partition coefficient (Wildman–Crippen LogP) is 3.99. The Morgan fingerprint density at radius 2 is 1.42 bits per heavy atom. The van der Waals surface area contributed by atoms with Crippen LogP contribution in [0.1, 0.15) is 10.4 Å². The van der Waals surface area contributed by atoms with Crippen molar-refractivity contribution in [1.82, 2.24) is 0 Å². The van der Waals surface area contributed by atoms with Crippen molar-refractivity contribution in [2.45, 2.75) is 0 Å². The third kappa shape index (κ3) is 3.58. The first-order chi connectivity index (χ1) is 11.7. The van der Waals surface area contributed by atoms with Crippen molar-refractivity contribution in [3.63, 3.8) is 0 Å². The van der Waals surface area contributed by atoms with Crippen LogP contribution in [0.5, 0.6) is 0 Å². The number of hydrogen-bond acceptors (Lipinski definition) is 2. The van der Waals surface area contributed by atoms with Crippen LogP contribution < -0.4 is 15.9 Å². The van der Waals surface area contributed by atoms with E-state index in [1.54, 1.807) is 0 Å². The molecule has 0 spiro atoms. The molecular weight excluding hydrogens is 383 g/mol. The normalized spacial score (nSPS) is 11.8. The second-order valence-electron chi connectivity index (χ2n) is 5.16. The van der Waals surface area contributed by atoms with Crippen LogP contribution in [0.15, 0.2) is 83.3 Å². The zero-order chi connectivity index (χ0) is 16.9. The highest BCUT2D eigenvalue weighted by Gasteiger charge is 2.22. The van der Waals surface area contributed by atoms with Crippen LogP contribution in [0.3, 0.4) is 0 Å². The van der Waals surface area contributed by atoms with Crippen molar-refractivity contribution in [2.24, 2.45) is 0 Å². The highest BCUT2D eigenvalue weighted by molar-refractivity contribution is 9.10. The van der Waals surface area contributed by atoms with Crippen molar-refractivity contribution in [3.8, 4) is 0 Å². The van der Waals surface area contributed by atoms with Crippen LogP contribution in [0.4, 0.5) is 0 Å². The molecule has 1 atom stereocenters. The Morgan fingerprint density at radius 1 is 0.833 bits per heavy atom. The minimum Gasteiger partial charge on any atom is -0.465 e. The monoisotopic (exact) mass is 398 g/mol. The maximum absolute atomic E-state index is 12.2. The van der Waals surface area contributed by atoms with Crippen LogP contribution in [0, 0.1) is 0 Å². The fraction of sp³-hybridized carbons (Fsp3) is 0.0500. The summed E-state index contributed by atoms with van der Waals surface area (Å²) in [5, 5.41) is 3.40. The molecular formula is C20H16BrO2P. The fourth-order valence-electron chi connectivity index (χ4n) is 2.55. The summed E-state index contributed by atoms with van der Waals surface area (Å²) in [5.41, 5.74) is 0.623. The molecule has 3 aromatic carbocycles. The molecule has 2 nitrogen and oxygen atoms in total. The number of esters is 1. The van der Waals surface area contributed by atoms with E-state index in [1.165, 1.54) is 17.7 Å².